The van der Waals surface area contributed by atoms with E-state index in [-0.39, 0.29) is 0 Å². The maximum absolute atomic E-state index is 8.80. The molecular formula is C10H9N5. The molecule has 0 saturated carbocycles. The van der Waals surface area contributed by atoms with Crippen LogP contribution in [0.3, 0.4) is 0 Å². The molecule has 2 aromatic rings. The molecule has 2 N–H and O–H groups in total. The van der Waals surface area contributed by atoms with E-state index in [1.54, 1.807) is 25.5 Å². The number of aromatic nitrogens is 3. The van der Waals surface area contributed by atoms with Gasteiger partial charge in [0.2, 0.25) is 0 Å². The predicted octanol–water partition coefficient (Wildman–Crippen LogP) is 1.39. The summed E-state index contributed by atoms with van der Waals surface area (Å²) in [5.74, 6) is 1.18. The molecule has 0 fully saturated rings. The molecule has 0 aromatic carbocycles. The molecule has 0 bridgehead atoms. The largest absolute Gasteiger partial charge is 0.373 e. The Morgan fingerprint density at radius 2 is 2.33 bits per heavy atom. The first-order valence-corrected chi connectivity index (χ1v) is 4.43. The van der Waals surface area contributed by atoms with E-state index in [0.717, 1.165) is 5.56 Å². The van der Waals surface area contributed by atoms with Crippen molar-refractivity contribution in [1.82, 2.24) is 15.0 Å². The van der Waals surface area contributed by atoms with Gasteiger partial charge < -0.3 is 10.3 Å². The van der Waals surface area contributed by atoms with Gasteiger partial charge in [-0.1, -0.05) is 0 Å². The van der Waals surface area contributed by atoms with Crippen LogP contribution in [0.5, 0.6) is 0 Å². The zero-order valence-corrected chi connectivity index (χ0v) is 8.15. The number of hydrogen-bond acceptors (Lipinski definition) is 4. The van der Waals surface area contributed by atoms with Crippen LogP contribution < -0.4 is 5.32 Å². The molecule has 0 aliphatic carbocycles. The van der Waals surface area contributed by atoms with E-state index in [2.05, 4.69) is 20.3 Å². The molecule has 0 unspecified atom stereocenters. The van der Waals surface area contributed by atoms with Crippen LogP contribution in [0.1, 0.15) is 5.69 Å². The van der Waals surface area contributed by atoms with Crippen LogP contribution in [0.2, 0.25) is 0 Å². The van der Waals surface area contributed by atoms with Crippen molar-refractivity contribution in [3.8, 4) is 17.5 Å². The van der Waals surface area contributed by atoms with E-state index >= 15 is 0 Å². The van der Waals surface area contributed by atoms with Crippen molar-refractivity contribution in [3.05, 3.63) is 30.2 Å². The van der Waals surface area contributed by atoms with Crippen LogP contribution in [-0.4, -0.2) is 22.0 Å². The van der Waals surface area contributed by atoms with Gasteiger partial charge in [0.1, 0.15) is 17.6 Å². The molecule has 2 heterocycles. The summed E-state index contributed by atoms with van der Waals surface area (Å²) in [6, 6.07) is 5.47. The highest BCUT2D eigenvalue weighted by atomic mass is 15.0. The molecule has 5 heteroatoms. The first-order valence-electron chi connectivity index (χ1n) is 4.43. The molecule has 0 aliphatic rings. The number of aromatic amines is 1. The summed E-state index contributed by atoms with van der Waals surface area (Å²) in [5.41, 5.74) is 1.22. The number of hydrogen-bond donors (Lipinski definition) is 2. The minimum Gasteiger partial charge on any atom is -0.373 e. The molecule has 74 valence electrons. The number of H-pyrrole nitrogens is 1. The van der Waals surface area contributed by atoms with E-state index < -0.39 is 0 Å². The van der Waals surface area contributed by atoms with Crippen molar-refractivity contribution in [1.29, 1.82) is 5.26 Å². The highest BCUT2D eigenvalue weighted by Crippen LogP contribution is 2.16. The fourth-order valence-corrected chi connectivity index (χ4v) is 1.22. The van der Waals surface area contributed by atoms with Crippen LogP contribution in [0.15, 0.2) is 24.5 Å². The first-order chi connectivity index (χ1) is 7.33. The van der Waals surface area contributed by atoms with E-state index in [1.807, 2.05) is 12.1 Å². The summed E-state index contributed by atoms with van der Waals surface area (Å²) in [6.07, 6.45) is 3.58. The van der Waals surface area contributed by atoms with Crippen LogP contribution in [0, 0.1) is 11.3 Å². The fourth-order valence-electron chi connectivity index (χ4n) is 1.22. The third-order valence-corrected chi connectivity index (χ3v) is 1.95. The lowest BCUT2D eigenvalue weighted by Gasteiger charge is -2.02. The van der Waals surface area contributed by atoms with E-state index in [4.69, 9.17) is 5.26 Å². The molecule has 2 aromatic heterocycles. The summed E-state index contributed by atoms with van der Waals surface area (Å²) in [5, 5.41) is 11.7. The Labute approximate surface area is 86.8 Å². The van der Waals surface area contributed by atoms with Crippen molar-refractivity contribution in [2.75, 3.05) is 12.4 Å². The molecular weight excluding hydrogens is 190 g/mol. The summed E-state index contributed by atoms with van der Waals surface area (Å²) in [7, 11) is 1.75. The number of nitrogens with zero attached hydrogens (tertiary/aromatic N) is 3. The molecule has 2 rings (SSSR count). The fraction of sp³-hybridized carbons (Fsp3) is 0.100. The highest BCUT2D eigenvalue weighted by molar-refractivity contribution is 5.57. The smallest absolute Gasteiger partial charge is 0.164 e. The maximum Gasteiger partial charge on any atom is 0.164 e. The van der Waals surface area contributed by atoms with Gasteiger partial charge in [0.15, 0.2) is 5.82 Å². The standard InChI is InChI=1S/C10H9N5/c1-12-9-4-8(5-11)14-10(15-9)7-2-3-13-6-7/h2-4,6,13H,1H3,(H,12,14,15). The molecule has 15 heavy (non-hydrogen) atoms. The predicted molar refractivity (Wildman–Crippen MR) is 56.1 cm³/mol. The lowest BCUT2D eigenvalue weighted by atomic mass is 10.3. The van der Waals surface area contributed by atoms with E-state index in [9.17, 15) is 0 Å². The summed E-state index contributed by atoms with van der Waals surface area (Å²) < 4.78 is 0. The lowest BCUT2D eigenvalue weighted by molar-refractivity contribution is 1.14. The van der Waals surface area contributed by atoms with Crippen molar-refractivity contribution in [3.63, 3.8) is 0 Å². The zero-order valence-electron chi connectivity index (χ0n) is 8.15. The Morgan fingerprint density at radius 3 is 2.93 bits per heavy atom. The second-order valence-electron chi connectivity index (χ2n) is 2.92. The average molecular weight is 199 g/mol. The number of anilines is 1. The van der Waals surface area contributed by atoms with Crippen LogP contribution in [-0.2, 0) is 0 Å². The molecule has 0 saturated heterocycles. The number of nitriles is 1. The van der Waals surface area contributed by atoms with Crippen molar-refractivity contribution in [2.24, 2.45) is 0 Å². The first kappa shape index (κ1) is 9.21. The Bertz CT molecular complexity index is 495. The molecule has 0 amide bonds. The summed E-state index contributed by atoms with van der Waals surface area (Å²) in [4.78, 5) is 11.3. The van der Waals surface area contributed by atoms with Gasteiger partial charge in [0.05, 0.1) is 0 Å². The quantitative estimate of drug-likeness (QED) is 0.766. The van der Waals surface area contributed by atoms with Gasteiger partial charge in [0, 0.05) is 31.1 Å². The second-order valence-corrected chi connectivity index (χ2v) is 2.92. The van der Waals surface area contributed by atoms with Gasteiger partial charge in [-0.25, -0.2) is 9.97 Å². The summed E-state index contributed by atoms with van der Waals surface area (Å²) >= 11 is 0. The molecule has 0 spiro atoms. The highest BCUT2D eigenvalue weighted by Gasteiger charge is 2.05. The third kappa shape index (κ3) is 1.79. The number of rotatable bonds is 2. The number of nitrogens with one attached hydrogen (secondary N) is 2. The zero-order chi connectivity index (χ0) is 10.7. The minimum absolute atomic E-state index is 0.352. The third-order valence-electron chi connectivity index (χ3n) is 1.95. The molecule has 0 radical (unpaired) electrons. The molecule has 5 nitrogen and oxygen atoms in total. The van der Waals surface area contributed by atoms with Gasteiger partial charge in [-0.3, -0.25) is 0 Å². The SMILES string of the molecule is CNc1cc(C#N)nc(-c2cc[nH]c2)n1. The average Bonchev–Trinajstić information content (AvgIpc) is 2.81. The monoisotopic (exact) mass is 199 g/mol. The van der Waals surface area contributed by atoms with Gasteiger partial charge in [-0.05, 0) is 6.07 Å². The minimum atomic E-state index is 0.352. The van der Waals surface area contributed by atoms with Gasteiger partial charge in [-0.2, -0.15) is 5.26 Å². The Kier molecular flexibility index (Phi) is 2.33. The normalized spacial score (nSPS) is 9.60. The van der Waals surface area contributed by atoms with Crippen LogP contribution in [0.25, 0.3) is 11.4 Å². The van der Waals surface area contributed by atoms with Crippen molar-refractivity contribution < 1.29 is 0 Å². The Hall–Kier alpha value is -2.35. The van der Waals surface area contributed by atoms with Gasteiger partial charge in [0.25, 0.3) is 0 Å². The Balaban J connectivity index is 2.53. The van der Waals surface area contributed by atoms with E-state index in [1.165, 1.54) is 0 Å². The maximum atomic E-state index is 8.80. The van der Waals surface area contributed by atoms with Crippen LogP contribution >= 0.6 is 0 Å². The van der Waals surface area contributed by atoms with Crippen LogP contribution in [0.4, 0.5) is 5.82 Å². The second kappa shape index (κ2) is 3.80. The van der Waals surface area contributed by atoms with E-state index in [0.29, 0.717) is 17.3 Å². The molecule has 0 atom stereocenters. The summed E-state index contributed by atoms with van der Waals surface area (Å²) in [6.45, 7) is 0. The van der Waals surface area contributed by atoms with Gasteiger partial charge in [-0.15, -0.1) is 0 Å². The van der Waals surface area contributed by atoms with Crippen molar-refractivity contribution >= 4 is 5.82 Å². The Morgan fingerprint density at radius 1 is 1.47 bits per heavy atom. The molecule has 0 aliphatic heterocycles. The lowest BCUT2D eigenvalue weighted by Crippen LogP contribution is -1.98. The topological polar surface area (TPSA) is 77.4 Å². The van der Waals surface area contributed by atoms with Crippen molar-refractivity contribution in [2.45, 2.75) is 0 Å². The van der Waals surface area contributed by atoms with Gasteiger partial charge >= 0.3 is 0 Å².